The van der Waals surface area contributed by atoms with Crippen molar-refractivity contribution in [2.45, 2.75) is 51.6 Å². The molecular formula is C24H34O10P2. The number of hydrogen-bond donors (Lipinski definition) is 4. The zero-order valence-electron chi connectivity index (χ0n) is 20.8. The molecule has 200 valence electrons. The molecule has 0 heterocycles. The van der Waals surface area contributed by atoms with Gasteiger partial charge in [0.25, 0.3) is 11.1 Å². The van der Waals surface area contributed by atoms with Crippen molar-refractivity contribution in [2.75, 3.05) is 26.4 Å². The standard InChI is InChI=1S/C24H34O10P2/c1-5-31-23(32-6-2,35(25,26)27)19-11-13-21-17(15-19)9-10-18-16-20(12-14-22(18)21)24(33-7-3,34-8-4)36(28,29)30/h11-16H,5-10H2,1-4H3,(H2,25,26,27)(H2,28,29,30). The lowest BCUT2D eigenvalue weighted by Crippen LogP contribution is -2.34. The molecule has 4 N–H and O–H groups in total. The normalized spacial score (nSPS) is 14.4. The van der Waals surface area contributed by atoms with Crippen LogP contribution in [0.5, 0.6) is 0 Å². The molecule has 0 saturated carbocycles. The minimum atomic E-state index is -4.86. The second-order valence-corrected chi connectivity index (χ2v) is 11.6. The monoisotopic (exact) mass is 544 g/mol. The van der Waals surface area contributed by atoms with Gasteiger partial charge in [-0.25, -0.2) is 0 Å². The summed E-state index contributed by atoms with van der Waals surface area (Å²) in [5.41, 5.74) is -0.566. The average molecular weight is 544 g/mol. The third kappa shape index (κ3) is 5.13. The summed E-state index contributed by atoms with van der Waals surface area (Å²) in [6.07, 6.45) is 1.06. The van der Waals surface area contributed by atoms with Gasteiger partial charge in [0, 0.05) is 37.6 Å². The topological polar surface area (TPSA) is 152 Å². The van der Waals surface area contributed by atoms with Crippen LogP contribution in [-0.2, 0) is 52.0 Å². The van der Waals surface area contributed by atoms with Gasteiger partial charge in [-0.05, 0) is 74.9 Å². The van der Waals surface area contributed by atoms with Gasteiger partial charge in [0.15, 0.2) is 0 Å². The van der Waals surface area contributed by atoms with Gasteiger partial charge in [-0.2, -0.15) is 0 Å². The zero-order chi connectivity index (χ0) is 26.8. The van der Waals surface area contributed by atoms with Crippen molar-refractivity contribution in [2.24, 2.45) is 0 Å². The maximum Gasteiger partial charge on any atom is 0.389 e. The van der Waals surface area contributed by atoms with Crippen LogP contribution in [0.4, 0.5) is 0 Å². The highest BCUT2D eigenvalue weighted by Gasteiger charge is 2.53. The molecule has 0 atom stereocenters. The number of fused-ring (bicyclic) bond motifs is 3. The zero-order valence-corrected chi connectivity index (χ0v) is 22.6. The van der Waals surface area contributed by atoms with Gasteiger partial charge >= 0.3 is 15.2 Å². The smallest absolute Gasteiger partial charge is 0.337 e. The van der Waals surface area contributed by atoms with Crippen molar-refractivity contribution in [1.29, 1.82) is 0 Å². The first kappa shape index (κ1) is 29.1. The van der Waals surface area contributed by atoms with Gasteiger partial charge in [-0.3, -0.25) is 9.13 Å². The molecule has 0 amide bonds. The fraction of sp³-hybridized carbons (Fsp3) is 0.500. The Morgan fingerprint density at radius 3 is 1.19 bits per heavy atom. The molecule has 1 aliphatic carbocycles. The van der Waals surface area contributed by atoms with Gasteiger partial charge < -0.3 is 38.5 Å². The van der Waals surface area contributed by atoms with Gasteiger partial charge in [-0.15, -0.1) is 0 Å². The first-order valence-electron chi connectivity index (χ1n) is 11.8. The van der Waals surface area contributed by atoms with E-state index >= 15 is 0 Å². The molecule has 0 radical (unpaired) electrons. The highest BCUT2D eigenvalue weighted by Crippen LogP contribution is 2.60. The van der Waals surface area contributed by atoms with Crippen LogP contribution in [0.15, 0.2) is 36.4 Å². The maximum atomic E-state index is 12.5. The van der Waals surface area contributed by atoms with Crippen molar-refractivity contribution in [1.82, 2.24) is 0 Å². The van der Waals surface area contributed by atoms with Crippen molar-refractivity contribution in [3.63, 3.8) is 0 Å². The average Bonchev–Trinajstić information content (AvgIpc) is 2.81. The van der Waals surface area contributed by atoms with Crippen LogP contribution in [-0.4, -0.2) is 46.0 Å². The summed E-state index contributed by atoms with van der Waals surface area (Å²) in [6, 6.07) is 10.0. The van der Waals surface area contributed by atoms with Gasteiger partial charge in [0.05, 0.1) is 0 Å². The number of rotatable bonds is 12. The lowest BCUT2D eigenvalue weighted by Gasteiger charge is -2.35. The van der Waals surface area contributed by atoms with Gasteiger partial charge in [-0.1, -0.05) is 24.3 Å². The highest BCUT2D eigenvalue weighted by molar-refractivity contribution is 7.53. The Morgan fingerprint density at radius 2 is 0.944 bits per heavy atom. The molecule has 0 saturated heterocycles. The molecule has 0 aromatic heterocycles. The minimum absolute atomic E-state index is 0.0365. The van der Waals surface area contributed by atoms with E-state index in [4.69, 9.17) is 18.9 Å². The number of aryl methyl sites for hydroxylation is 2. The fourth-order valence-electron chi connectivity index (χ4n) is 4.66. The number of ether oxygens (including phenoxy) is 4. The lowest BCUT2D eigenvalue weighted by molar-refractivity contribution is -0.192. The minimum Gasteiger partial charge on any atom is -0.337 e. The summed E-state index contributed by atoms with van der Waals surface area (Å²) in [6.45, 7) is 6.69. The van der Waals surface area contributed by atoms with Crippen LogP contribution in [0.2, 0.25) is 0 Å². The van der Waals surface area contributed by atoms with E-state index in [1.165, 1.54) is 0 Å². The Balaban J connectivity index is 2.12. The summed E-state index contributed by atoms with van der Waals surface area (Å²) in [7, 11) is -9.73. The molecule has 36 heavy (non-hydrogen) atoms. The lowest BCUT2D eigenvalue weighted by atomic mass is 9.84. The second kappa shape index (κ2) is 11.1. The first-order chi connectivity index (χ1) is 16.9. The van der Waals surface area contributed by atoms with Gasteiger partial charge in [0.2, 0.25) is 0 Å². The van der Waals surface area contributed by atoms with E-state index in [0.29, 0.717) is 12.8 Å². The first-order valence-corrected chi connectivity index (χ1v) is 15.1. The Morgan fingerprint density at radius 1 is 0.639 bits per heavy atom. The van der Waals surface area contributed by atoms with Crippen molar-refractivity contribution in [3.05, 3.63) is 58.7 Å². The summed E-state index contributed by atoms with van der Waals surface area (Å²) < 4.78 is 47.1. The quantitative estimate of drug-likeness (QED) is 0.226. The molecule has 10 nitrogen and oxygen atoms in total. The van der Waals surface area contributed by atoms with E-state index in [9.17, 15) is 28.7 Å². The molecule has 2 aromatic carbocycles. The third-order valence-electron chi connectivity index (χ3n) is 6.02. The molecule has 1 aliphatic rings. The molecule has 0 bridgehead atoms. The SMILES string of the molecule is CCOC(OCC)(c1ccc2c(c1)CCc1cc(C(OCC)(OCC)P(=O)(O)O)ccc1-2)P(=O)(O)O. The highest BCUT2D eigenvalue weighted by atomic mass is 31.2. The predicted octanol–water partition coefficient (Wildman–Crippen LogP) is 4.17. The number of hydrogen-bond acceptors (Lipinski definition) is 6. The summed E-state index contributed by atoms with van der Waals surface area (Å²) >= 11 is 0. The Bertz CT molecular complexity index is 1070. The van der Waals surface area contributed by atoms with E-state index in [1.807, 2.05) is 0 Å². The van der Waals surface area contributed by atoms with Gasteiger partial charge in [0.1, 0.15) is 0 Å². The van der Waals surface area contributed by atoms with Crippen LogP contribution in [0.25, 0.3) is 11.1 Å². The van der Waals surface area contributed by atoms with Crippen LogP contribution in [0, 0.1) is 0 Å². The largest absolute Gasteiger partial charge is 0.389 e. The van der Waals surface area contributed by atoms with Crippen molar-refractivity contribution >= 4 is 15.2 Å². The summed E-state index contributed by atoms with van der Waals surface area (Å²) in [5, 5.41) is 0. The molecule has 12 heteroatoms. The number of benzene rings is 2. The summed E-state index contributed by atoms with van der Waals surface area (Å²) in [4.78, 5) is 40.6. The van der Waals surface area contributed by atoms with Crippen molar-refractivity contribution < 1.29 is 47.7 Å². The molecule has 0 aliphatic heterocycles. The predicted molar refractivity (Wildman–Crippen MR) is 133 cm³/mol. The van der Waals surface area contributed by atoms with Crippen LogP contribution in [0.3, 0.4) is 0 Å². The third-order valence-corrected chi connectivity index (χ3v) is 8.59. The van der Waals surface area contributed by atoms with E-state index in [-0.39, 0.29) is 37.6 Å². The molecule has 0 fully saturated rings. The fourth-order valence-corrected chi connectivity index (χ4v) is 6.80. The Kier molecular flexibility index (Phi) is 9.01. The summed E-state index contributed by atoms with van der Waals surface area (Å²) in [5.74, 6) is 0. The Labute approximate surface area is 210 Å². The van der Waals surface area contributed by atoms with E-state index in [0.717, 1.165) is 22.3 Å². The van der Waals surface area contributed by atoms with Crippen LogP contribution < -0.4 is 0 Å². The van der Waals surface area contributed by atoms with E-state index in [2.05, 4.69) is 0 Å². The Hall–Kier alpha value is -1.42. The molecular weight excluding hydrogens is 510 g/mol. The van der Waals surface area contributed by atoms with Crippen molar-refractivity contribution in [3.8, 4) is 11.1 Å². The molecule has 2 aromatic rings. The molecule has 3 rings (SSSR count). The van der Waals surface area contributed by atoms with E-state index < -0.39 is 26.2 Å². The van der Waals surface area contributed by atoms with Crippen LogP contribution >= 0.6 is 15.2 Å². The second-order valence-electron chi connectivity index (χ2n) is 8.23. The van der Waals surface area contributed by atoms with Crippen LogP contribution in [0.1, 0.15) is 49.9 Å². The maximum absolute atomic E-state index is 12.5. The molecule has 0 spiro atoms. The van der Waals surface area contributed by atoms with E-state index in [1.54, 1.807) is 64.1 Å². The molecule has 0 unspecified atom stereocenters.